The lowest BCUT2D eigenvalue weighted by Crippen LogP contribution is -2.06. The molecule has 1 N–H and O–H groups in total. The first-order valence-corrected chi connectivity index (χ1v) is 6.76. The van der Waals surface area contributed by atoms with Crippen molar-refractivity contribution in [3.63, 3.8) is 0 Å². The van der Waals surface area contributed by atoms with E-state index in [-0.39, 0.29) is 6.04 Å². The Bertz CT molecular complexity index is 649. The highest BCUT2D eigenvalue weighted by molar-refractivity contribution is 7.07. The number of rotatable bonds is 3. The van der Waals surface area contributed by atoms with E-state index in [1.165, 1.54) is 0 Å². The van der Waals surface area contributed by atoms with E-state index < -0.39 is 0 Å². The first-order chi connectivity index (χ1) is 8.83. The second kappa shape index (κ2) is 4.74. The van der Waals surface area contributed by atoms with E-state index in [9.17, 15) is 0 Å². The minimum atomic E-state index is 0.194. The minimum Gasteiger partial charge on any atom is -0.376 e. The van der Waals surface area contributed by atoms with E-state index in [2.05, 4.69) is 39.7 Å². The molecule has 0 aliphatic carbocycles. The summed E-state index contributed by atoms with van der Waals surface area (Å²) >= 11 is 1.61. The first-order valence-electron chi connectivity index (χ1n) is 5.82. The Morgan fingerprint density at radius 1 is 1.22 bits per heavy atom. The largest absolute Gasteiger partial charge is 0.376 e. The zero-order valence-corrected chi connectivity index (χ0v) is 10.8. The van der Waals surface area contributed by atoms with Crippen molar-refractivity contribution in [3.8, 4) is 0 Å². The number of para-hydroxylation sites is 1. The Balaban J connectivity index is 1.86. The van der Waals surface area contributed by atoms with Gasteiger partial charge >= 0.3 is 0 Å². The van der Waals surface area contributed by atoms with Crippen LogP contribution in [0.1, 0.15) is 18.7 Å². The van der Waals surface area contributed by atoms with Gasteiger partial charge in [0.25, 0.3) is 0 Å². The number of aromatic nitrogens is 2. The number of nitrogens with one attached hydrogen (secondary N) is 1. The zero-order valence-electron chi connectivity index (χ0n) is 10.00. The molecule has 0 aliphatic rings. The fourth-order valence-electron chi connectivity index (χ4n) is 1.91. The number of hydrogen-bond acceptors (Lipinski definition) is 4. The van der Waals surface area contributed by atoms with Crippen molar-refractivity contribution < 1.29 is 0 Å². The van der Waals surface area contributed by atoms with Crippen molar-refractivity contribution in [2.24, 2.45) is 0 Å². The second-order valence-electron chi connectivity index (χ2n) is 4.20. The predicted molar refractivity (Wildman–Crippen MR) is 75.9 cm³/mol. The van der Waals surface area contributed by atoms with Crippen LogP contribution in [0.3, 0.4) is 0 Å². The molecule has 0 saturated heterocycles. The lowest BCUT2D eigenvalue weighted by molar-refractivity contribution is 0.849. The van der Waals surface area contributed by atoms with Crippen molar-refractivity contribution in [3.05, 3.63) is 53.1 Å². The lowest BCUT2D eigenvalue weighted by Gasteiger charge is -2.13. The van der Waals surface area contributed by atoms with Crippen LogP contribution in [0.15, 0.2) is 47.4 Å². The standard InChI is InChI=1S/C14H13N3S/c1-10(14-8-18-9-16-14)17-12-6-11-4-2-3-5-13(11)15-7-12/h2-10,17H,1H3. The van der Waals surface area contributed by atoms with Crippen molar-refractivity contribution in [1.29, 1.82) is 0 Å². The summed E-state index contributed by atoms with van der Waals surface area (Å²) in [7, 11) is 0. The predicted octanol–water partition coefficient (Wildman–Crippen LogP) is 3.86. The molecule has 0 saturated carbocycles. The molecule has 0 radical (unpaired) electrons. The van der Waals surface area contributed by atoms with E-state index in [4.69, 9.17) is 0 Å². The molecular formula is C14H13N3S. The van der Waals surface area contributed by atoms with E-state index >= 15 is 0 Å². The highest BCUT2D eigenvalue weighted by Crippen LogP contribution is 2.21. The van der Waals surface area contributed by atoms with Gasteiger partial charge in [-0.2, -0.15) is 0 Å². The molecular weight excluding hydrogens is 242 g/mol. The van der Waals surface area contributed by atoms with Gasteiger partial charge in [-0.15, -0.1) is 11.3 Å². The molecule has 1 atom stereocenters. The van der Waals surface area contributed by atoms with Gasteiger partial charge in [-0.05, 0) is 19.1 Å². The number of nitrogens with zero attached hydrogens (tertiary/aromatic N) is 2. The summed E-state index contributed by atoms with van der Waals surface area (Å²) in [5.41, 5.74) is 4.96. The maximum absolute atomic E-state index is 4.44. The summed E-state index contributed by atoms with van der Waals surface area (Å²) in [4.78, 5) is 8.75. The fraction of sp³-hybridized carbons (Fsp3) is 0.143. The molecule has 0 fully saturated rings. The van der Waals surface area contributed by atoms with Crippen LogP contribution in [0, 0.1) is 0 Å². The third kappa shape index (κ3) is 2.19. The highest BCUT2D eigenvalue weighted by Gasteiger charge is 2.07. The summed E-state index contributed by atoms with van der Waals surface area (Å²) in [6.07, 6.45) is 1.87. The number of thiazole rings is 1. The second-order valence-corrected chi connectivity index (χ2v) is 4.91. The van der Waals surface area contributed by atoms with E-state index in [0.29, 0.717) is 0 Å². The molecule has 0 aliphatic heterocycles. The SMILES string of the molecule is CC(Nc1cnc2ccccc2c1)c1cscn1. The molecule has 18 heavy (non-hydrogen) atoms. The van der Waals surface area contributed by atoms with Crippen LogP contribution in [-0.4, -0.2) is 9.97 Å². The Hall–Kier alpha value is -1.94. The van der Waals surface area contributed by atoms with Gasteiger partial charge in [-0.3, -0.25) is 4.98 Å². The van der Waals surface area contributed by atoms with Gasteiger partial charge in [-0.1, -0.05) is 18.2 Å². The van der Waals surface area contributed by atoms with Gasteiger partial charge in [0.2, 0.25) is 0 Å². The van der Waals surface area contributed by atoms with Crippen molar-refractivity contribution in [2.75, 3.05) is 5.32 Å². The van der Waals surface area contributed by atoms with Gasteiger partial charge in [0.05, 0.1) is 34.6 Å². The number of fused-ring (bicyclic) bond motifs is 1. The van der Waals surface area contributed by atoms with Gasteiger partial charge in [-0.25, -0.2) is 4.98 Å². The number of anilines is 1. The molecule has 2 heterocycles. The van der Waals surface area contributed by atoms with Crippen LogP contribution in [0.5, 0.6) is 0 Å². The average molecular weight is 255 g/mol. The molecule has 3 nitrogen and oxygen atoms in total. The van der Waals surface area contributed by atoms with Crippen LogP contribution >= 0.6 is 11.3 Å². The third-order valence-electron chi connectivity index (χ3n) is 2.87. The molecule has 3 aromatic rings. The van der Waals surface area contributed by atoms with Crippen molar-refractivity contribution in [2.45, 2.75) is 13.0 Å². The topological polar surface area (TPSA) is 37.8 Å². The Kier molecular flexibility index (Phi) is 2.94. The van der Waals surface area contributed by atoms with Crippen molar-refractivity contribution in [1.82, 2.24) is 9.97 Å². The van der Waals surface area contributed by atoms with E-state index in [1.807, 2.05) is 29.9 Å². The van der Waals surface area contributed by atoms with Crippen LogP contribution in [0.25, 0.3) is 10.9 Å². The molecule has 1 aromatic carbocycles. The monoisotopic (exact) mass is 255 g/mol. The molecule has 1 unspecified atom stereocenters. The lowest BCUT2D eigenvalue weighted by atomic mass is 10.2. The Morgan fingerprint density at radius 3 is 2.94 bits per heavy atom. The number of pyridine rings is 1. The molecule has 2 aromatic heterocycles. The quantitative estimate of drug-likeness (QED) is 0.772. The summed E-state index contributed by atoms with van der Waals surface area (Å²) in [6.45, 7) is 2.10. The maximum atomic E-state index is 4.44. The van der Waals surface area contributed by atoms with Crippen molar-refractivity contribution >= 4 is 27.9 Å². The molecule has 0 amide bonds. The summed E-state index contributed by atoms with van der Waals surface area (Å²) in [5, 5.41) is 6.63. The van der Waals surface area contributed by atoms with Crippen LogP contribution in [-0.2, 0) is 0 Å². The maximum Gasteiger partial charge on any atom is 0.0795 e. The smallest absolute Gasteiger partial charge is 0.0795 e. The Morgan fingerprint density at radius 2 is 2.11 bits per heavy atom. The van der Waals surface area contributed by atoms with E-state index in [0.717, 1.165) is 22.3 Å². The molecule has 0 bridgehead atoms. The van der Waals surface area contributed by atoms with E-state index in [1.54, 1.807) is 11.3 Å². The normalized spacial score (nSPS) is 12.5. The van der Waals surface area contributed by atoms with Crippen LogP contribution in [0.4, 0.5) is 5.69 Å². The number of hydrogen-bond donors (Lipinski definition) is 1. The van der Waals surface area contributed by atoms with Crippen LogP contribution < -0.4 is 5.32 Å². The zero-order chi connectivity index (χ0) is 12.4. The molecule has 4 heteroatoms. The van der Waals surface area contributed by atoms with Gasteiger partial charge in [0.1, 0.15) is 0 Å². The molecule has 90 valence electrons. The molecule has 3 rings (SSSR count). The minimum absolute atomic E-state index is 0.194. The first kappa shape index (κ1) is 11.2. The summed E-state index contributed by atoms with van der Waals surface area (Å²) < 4.78 is 0. The van der Waals surface area contributed by atoms with Gasteiger partial charge in [0, 0.05) is 10.8 Å². The Labute approximate surface area is 110 Å². The number of benzene rings is 1. The highest BCUT2D eigenvalue weighted by atomic mass is 32.1. The third-order valence-corrected chi connectivity index (χ3v) is 3.47. The summed E-state index contributed by atoms with van der Waals surface area (Å²) in [6, 6.07) is 10.4. The fourth-order valence-corrected chi connectivity index (χ4v) is 2.56. The summed E-state index contributed by atoms with van der Waals surface area (Å²) in [5.74, 6) is 0. The molecule has 0 spiro atoms. The van der Waals surface area contributed by atoms with Gasteiger partial charge < -0.3 is 5.32 Å². The van der Waals surface area contributed by atoms with Gasteiger partial charge in [0.15, 0.2) is 0 Å². The average Bonchev–Trinajstić information content (AvgIpc) is 2.92. The van der Waals surface area contributed by atoms with Crippen LogP contribution in [0.2, 0.25) is 0 Å².